The number of carbonyl (C=O) groups excluding carboxylic acids is 2. The molecule has 17 heteroatoms. The Bertz CT molecular complexity index is 1200. The first kappa shape index (κ1) is 28.4. The largest absolute Gasteiger partial charge is 0.508 e. The molecule has 0 saturated heterocycles. The molecule has 0 spiro atoms. The van der Waals surface area contributed by atoms with Gasteiger partial charge in [0.1, 0.15) is 24.5 Å². The maximum Gasteiger partial charge on any atom is 0.508 e. The number of nitrogens with zero attached hydrogens (tertiary/aromatic N) is 3. The van der Waals surface area contributed by atoms with Gasteiger partial charge in [-0.15, -0.1) is 4.67 Å². The Labute approximate surface area is 210 Å². The van der Waals surface area contributed by atoms with Crippen LogP contribution in [-0.4, -0.2) is 73.4 Å². The zero-order chi connectivity index (χ0) is 27.4. The lowest BCUT2D eigenvalue weighted by Crippen LogP contribution is -2.29. The Morgan fingerprint density at radius 2 is 1.73 bits per heavy atom. The highest BCUT2D eigenvalue weighted by atomic mass is 31.2. The molecular weight excluding hydrogens is 517 g/mol. The molecule has 16 nitrogen and oxygen atoms in total. The number of H-pyrrole nitrogens is 1. The summed E-state index contributed by atoms with van der Waals surface area (Å²) in [5.41, 5.74) is 2.82. The van der Waals surface area contributed by atoms with E-state index in [1.807, 2.05) is 0 Å². The number of nitrogens with one attached hydrogen (secondary N) is 1. The van der Waals surface area contributed by atoms with Crippen molar-refractivity contribution in [3.8, 4) is 0 Å². The van der Waals surface area contributed by atoms with E-state index in [1.165, 1.54) is 10.9 Å². The van der Waals surface area contributed by atoms with Crippen LogP contribution in [0.2, 0.25) is 0 Å². The summed E-state index contributed by atoms with van der Waals surface area (Å²) in [5.74, 6) is -0.101. The predicted molar refractivity (Wildman–Crippen MR) is 125 cm³/mol. The third kappa shape index (κ3) is 7.89. The minimum atomic E-state index is -4.70. The molecule has 1 aliphatic carbocycles. The summed E-state index contributed by atoms with van der Waals surface area (Å²) in [6, 6.07) is 0. The molecule has 37 heavy (non-hydrogen) atoms. The molecule has 206 valence electrons. The van der Waals surface area contributed by atoms with Gasteiger partial charge in [-0.05, 0) is 40.5 Å². The molecule has 1 aliphatic rings. The number of anilines is 1. The molecule has 1 atom stereocenters. The minimum absolute atomic E-state index is 0.0645. The maximum absolute atomic E-state index is 13.0. The molecule has 1 unspecified atom stereocenters. The molecule has 0 aromatic carbocycles. The van der Waals surface area contributed by atoms with E-state index in [1.54, 1.807) is 27.7 Å². The van der Waals surface area contributed by atoms with Crippen LogP contribution in [0, 0.1) is 0 Å². The van der Waals surface area contributed by atoms with Gasteiger partial charge in [-0.2, -0.15) is 4.98 Å². The number of nitrogens with two attached hydrogens (primary N) is 1. The molecule has 2 aromatic heterocycles. The molecule has 0 bridgehead atoms. The summed E-state index contributed by atoms with van der Waals surface area (Å²) < 4.78 is 38.9. The van der Waals surface area contributed by atoms with Crippen LogP contribution in [0.3, 0.4) is 0 Å². The maximum atomic E-state index is 13.0. The lowest BCUT2D eigenvalue weighted by Gasteiger charge is -2.24. The second kappa shape index (κ2) is 11.5. The zero-order valence-corrected chi connectivity index (χ0v) is 21.6. The molecule has 0 radical (unpaired) electrons. The number of aromatic amines is 1. The van der Waals surface area contributed by atoms with Crippen LogP contribution < -0.4 is 11.3 Å². The number of fused-ring (bicyclic) bond motifs is 1. The topological polar surface area (TPSA) is 216 Å². The number of ether oxygens (including phenoxy) is 4. The van der Waals surface area contributed by atoms with Crippen LogP contribution in [0.25, 0.3) is 11.2 Å². The van der Waals surface area contributed by atoms with Gasteiger partial charge in [0.2, 0.25) is 5.95 Å². The average molecular weight is 547 g/mol. The summed E-state index contributed by atoms with van der Waals surface area (Å²) in [5, 5.41) is 0. The number of aromatic nitrogens is 4. The molecule has 2 heterocycles. The summed E-state index contributed by atoms with van der Waals surface area (Å²) in [6.45, 7) is 5.10. The van der Waals surface area contributed by atoms with Crippen molar-refractivity contribution in [1.82, 2.24) is 19.5 Å². The zero-order valence-electron chi connectivity index (χ0n) is 20.7. The Balaban J connectivity index is 1.67. The first-order valence-corrected chi connectivity index (χ1v) is 13.0. The number of carbonyl (C=O) groups is 2. The number of rotatable bonds is 12. The monoisotopic (exact) mass is 547 g/mol. The standard InChI is InChI=1S/C20H30N5O11P/c1-11(2)33-18(27)31-7-13(8-32-19(28)34-12(3)4)37(29,30)36-35-20(5-6-20)9-25-10-22-14-15(25)23-17(21)24-16(14)26/h10-13H,5-9H2,1-4H3,(H,29,30)(H3,21,23,24,26). The molecule has 2 aromatic rings. The van der Waals surface area contributed by atoms with Crippen LogP contribution in [-0.2, 0) is 39.6 Å². The second-order valence-electron chi connectivity index (χ2n) is 9.01. The molecule has 1 fully saturated rings. The van der Waals surface area contributed by atoms with E-state index in [0.29, 0.717) is 12.8 Å². The van der Waals surface area contributed by atoms with Gasteiger partial charge >= 0.3 is 19.9 Å². The van der Waals surface area contributed by atoms with Gasteiger partial charge < -0.3 is 34.1 Å². The van der Waals surface area contributed by atoms with Crippen LogP contribution in [0.4, 0.5) is 15.5 Å². The van der Waals surface area contributed by atoms with Crippen molar-refractivity contribution < 1.29 is 47.6 Å². The van der Waals surface area contributed by atoms with E-state index in [-0.39, 0.29) is 23.7 Å². The van der Waals surface area contributed by atoms with Crippen LogP contribution in [0.15, 0.2) is 11.1 Å². The van der Waals surface area contributed by atoms with Crippen molar-refractivity contribution in [3.63, 3.8) is 0 Å². The Hall–Kier alpha value is -3.20. The molecule has 1 saturated carbocycles. The van der Waals surface area contributed by atoms with Gasteiger partial charge in [0.25, 0.3) is 5.56 Å². The first-order chi connectivity index (χ1) is 17.3. The van der Waals surface area contributed by atoms with Crippen molar-refractivity contribution >= 4 is 37.0 Å². The smallest absolute Gasteiger partial charge is 0.433 e. The van der Waals surface area contributed by atoms with Crippen molar-refractivity contribution in [2.45, 2.75) is 70.5 Å². The SMILES string of the molecule is CC(C)OC(=O)OCC(COC(=O)OC(C)C)P(=O)(O)OOC1(Cn2cnc3c(=O)[nH]c(N)nc32)CC1. The van der Waals surface area contributed by atoms with Gasteiger partial charge in [0.05, 0.1) is 25.1 Å². The third-order valence-corrected chi connectivity index (χ3v) is 6.50. The minimum Gasteiger partial charge on any atom is -0.433 e. The number of nitrogen functional groups attached to an aromatic ring is 1. The second-order valence-corrected chi connectivity index (χ2v) is 11.0. The van der Waals surface area contributed by atoms with E-state index >= 15 is 0 Å². The van der Waals surface area contributed by atoms with Crippen molar-refractivity contribution in [1.29, 1.82) is 0 Å². The van der Waals surface area contributed by atoms with Gasteiger partial charge in [-0.1, -0.05) is 0 Å². The third-order valence-electron chi connectivity index (χ3n) is 4.99. The normalized spacial score (nSPS) is 16.1. The van der Waals surface area contributed by atoms with Crippen LogP contribution >= 0.6 is 7.60 Å². The number of hydrogen-bond acceptors (Lipinski definition) is 13. The van der Waals surface area contributed by atoms with E-state index in [9.17, 15) is 23.8 Å². The summed E-state index contributed by atoms with van der Waals surface area (Å²) in [6.07, 6.45) is -0.888. The number of imidazole rings is 1. The molecular formula is C20H30N5O11P. The summed E-state index contributed by atoms with van der Waals surface area (Å²) >= 11 is 0. The van der Waals surface area contributed by atoms with Gasteiger partial charge in [-0.3, -0.25) is 14.3 Å². The van der Waals surface area contributed by atoms with E-state index in [2.05, 4.69) is 15.0 Å². The van der Waals surface area contributed by atoms with Gasteiger partial charge in [0.15, 0.2) is 11.2 Å². The highest BCUT2D eigenvalue weighted by molar-refractivity contribution is 7.53. The van der Waals surface area contributed by atoms with Gasteiger partial charge in [0, 0.05) is 0 Å². The van der Waals surface area contributed by atoms with Crippen molar-refractivity contribution in [3.05, 3.63) is 16.7 Å². The van der Waals surface area contributed by atoms with Crippen LogP contribution in [0.5, 0.6) is 0 Å². The first-order valence-electron chi connectivity index (χ1n) is 11.4. The summed E-state index contributed by atoms with van der Waals surface area (Å²) in [4.78, 5) is 61.9. The predicted octanol–water partition coefficient (Wildman–Crippen LogP) is 1.86. The van der Waals surface area contributed by atoms with Crippen molar-refractivity contribution in [2.24, 2.45) is 0 Å². The quantitative estimate of drug-likeness (QED) is 0.150. The van der Waals surface area contributed by atoms with Gasteiger partial charge in [-0.25, -0.2) is 19.5 Å². The molecule has 0 aliphatic heterocycles. The fourth-order valence-corrected chi connectivity index (χ4v) is 3.93. The van der Waals surface area contributed by atoms with Crippen molar-refractivity contribution in [2.75, 3.05) is 18.9 Å². The fourth-order valence-electron chi connectivity index (χ4n) is 3.02. The summed E-state index contributed by atoms with van der Waals surface area (Å²) in [7, 11) is -4.70. The Morgan fingerprint density at radius 3 is 2.24 bits per heavy atom. The molecule has 3 rings (SSSR count). The fraction of sp³-hybridized carbons (Fsp3) is 0.650. The molecule has 0 amide bonds. The van der Waals surface area contributed by atoms with E-state index in [4.69, 9.17) is 34.2 Å². The Kier molecular flexibility index (Phi) is 8.79. The lowest BCUT2D eigenvalue weighted by molar-refractivity contribution is -0.267. The van der Waals surface area contributed by atoms with E-state index in [0.717, 1.165) is 0 Å². The molecule has 4 N–H and O–H groups in total. The highest BCUT2D eigenvalue weighted by Crippen LogP contribution is 2.52. The average Bonchev–Trinajstić information content (AvgIpc) is 3.43. The van der Waals surface area contributed by atoms with Crippen LogP contribution in [0.1, 0.15) is 40.5 Å². The lowest BCUT2D eigenvalue weighted by atomic mass is 10.3. The van der Waals surface area contributed by atoms with E-state index < -0.39 is 62.1 Å². The highest BCUT2D eigenvalue weighted by Gasteiger charge is 2.49. The number of hydrogen-bond donors (Lipinski definition) is 3. The Morgan fingerprint density at radius 1 is 1.16 bits per heavy atom.